The van der Waals surface area contributed by atoms with E-state index in [9.17, 15) is 18.0 Å². The van der Waals surface area contributed by atoms with Crippen LogP contribution in [0.5, 0.6) is 5.75 Å². The molecule has 0 saturated heterocycles. The lowest BCUT2D eigenvalue weighted by Gasteiger charge is -2.15. The molecule has 0 fully saturated rings. The van der Waals surface area contributed by atoms with Crippen LogP contribution in [-0.4, -0.2) is 6.36 Å². The van der Waals surface area contributed by atoms with Crippen LogP contribution in [0.15, 0.2) is 51.7 Å². The number of hydrogen-bond donors (Lipinski definition) is 0. The Balaban J connectivity index is 1.71. The number of rotatable bonds is 16. The second-order valence-electron chi connectivity index (χ2n) is 10.2. The van der Waals surface area contributed by atoms with E-state index in [0.717, 1.165) is 43.2 Å². The molecule has 0 atom stereocenters. The number of ether oxygens (including phenoxy) is 1. The van der Waals surface area contributed by atoms with Gasteiger partial charge in [-0.3, -0.25) is 0 Å². The first-order valence-electron chi connectivity index (χ1n) is 14.3. The van der Waals surface area contributed by atoms with Crippen molar-refractivity contribution in [1.82, 2.24) is 0 Å². The molecule has 3 rings (SSSR count). The van der Waals surface area contributed by atoms with Crippen molar-refractivity contribution in [3.8, 4) is 16.9 Å². The number of fused-ring (bicyclic) bond motifs is 1. The molecule has 0 aliphatic rings. The summed E-state index contributed by atoms with van der Waals surface area (Å²) in [4.78, 5) is 12.9. The summed E-state index contributed by atoms with van der Waals surface area (Å²) in [6, 6.07) is 12.0. The van der Waals surface area contributed by atoms with Gasteiger partial charge in [0.15, 0.2) is 0 Å². The number of alkyl halides is 3. The van der Waals surface area contributed by atoms with Gasteiger partial charge < -0.3 is 9.15 Å². The first kappa shape index (κ1) is 29.8. The molecular formula is C32H41F3O3. The molecule has 0 radical (unpaired) electrons. The minimum atomic E-state index is -4.86. The normalized spacial score (nSPS) is 11.8. The molecule has 0 bridgehead atoms. The van der Waals surface area contributed by atoms with Crippen LogP contribution in [0.4, 0.5) is 13.2 Å². The molecule has 3 aromatic rings. The van der Waals surface area contributed by atoms with Gasteiger partial charge in [-0.2, -0.15) is 0 Å². The first-order chi connectivity index (χ1) is 18.3. The van der Waals surface area contributed by atoms with Crippen LogP contribution in [0.25, 0.3) is 22.1 Å². The highest BCUT2D eigenvalue weighted by molar-refractivity contribution is 5.83. The maximum Gasteiger partial charge on any atom is 0.573 e. The third kappa shape index (κ3) is 9.52. The quantitative estimate of drug-likeness (QED) is 0.137. The van der Waals surface area contributed by atoms with Crippen LogP contribution in [0.1, 0.15) is 102 Å². The molecule has 1 aromatic heterocycles. The highest BCUT2D eigenvalue weighted by atomic mass is 19.4. The standard InChI is InChI=1S/C32H41F3O3/c1-3-5-7-8-9-10-11-12-14-16-24-17-19-26-23-28(31(36)37-29(26)21-24)27-20-18-25(15-13-6-4-2)22-30(27)38-32(33,34)35/h17-23H,3-16H2,1-2H3. The zero-order valence-electron chi connectivity index (χ0n) is 22.8. The van der Waals surface area contributed by atoms with Crippen molar-refractivity contribution >= 4 is 11.0 Å². The van der Waals surface area contributed by atoms with Crippen molar-refractivity contribution in [2.75, 3.05) is 0 Å². The van der Waals surface area contributed by atoms with E-state index in [2.05, 4.69) is 18.6 Å². The van der Waals surface area contributed by atoms with Gasteiger partial charge in [0.1, 0.15) is 11.3 Å². The molecule has 6 heteroatoms. The summed E-state index contributed by atoms with van der Waals surface area (Å²) in [5.74, 6) is -0.375. The highest BCUT2D eigenvalue weighted by Crippen LogP contribution is 2.35. The molecule has 208 valence electrons. The molecule has 1 heterocycles. The fraction of sp³-hybridized carbons (Fsp3) is 0.531. The second-order valence-corrected chi connectivity index (χ2v) is 10.2. The van der Waals surface area contributed by atoms with Gasteiger partial charge in [0.05, 0.1) is 5.56 Å². The Kier molecular flexibility index (Phi) is 11.8. The SMILES string of the molecule is CCCCCCCCCCCc1ccc2cc(-c3ccc(CCCCC)cc3OC(F)(F)F)c(=O)oc2c1. The van der Waals surface area contributed by atoms with Crippen molar-refractivity contribution in [2.24, 2.45) is 0 Å². The molecular weight excluding hydrogens is 489 g/mol. The lowest BCUT2D eigenvalue weighted by atomic mass is 9.99. The summed E-state index contributed by atoms with van der Waals surface area (Å²) in [6.45, 7) is 4.30. The number of aryl methyl sites for hydroxylation is 2. The molecule has 0 amide bonds. The van der Waals surface area contributed by atoms with Gasteiger partial charge in [0, 0.05) is 10.9 Å². The van der Waals surface area contributed by atoms with Gasteiger partial charge in [-0.15, -0.1) is 13.2 Å². The van der Waals surface area contributed by atoms with E-state index >= 15 is 0 Å². The summed E-state index contributed by atoms with van der Waals surface area (Å²) in [5, 5.41) is 0.667. The molecule has 0 aliphatic heterocycles. The van der Waals surface area contributed by atoms with Crippen molar-refractivity contribution in [1.29, 1.82) is 0 Å². The number of hydrogen-bond acceptors (Lipinski definition) is 3. The first-order valence-corrected chi connectivity index (χ1v) is 14.3. The van der Waals surface area contributed by atoms with E-state index < -0.39 is 12.0 Å². The maximum atomic E-state index is 13.2. The number of unbranched alkanes of at least 4 members (excludes halogenated alkanes) is 10. The molecule has 3 nitrogen and oxygen atoms in total. The van der Waals surface area contributed by atoms with E-state index in [-0.39, 0.29) is 16.9 Å². The van der Waals surface area contributed by atoms with Crippen LogP contribution >= 0.6 is 0 Å². The summed E-state index contributed by atoms with van der Waals surface area (Å²) >= 11 is 0. The molecule has 0 unspecified atom stereocenters. The predicted molar refractivity (Wildman–Crippen MR) is 149 cm³/mol. The molecule has 38 heavy (non-hydrogen) atoms. The van der Waals surface area contributed by atoms with Crippen molar-refractivity contribution in [3.63, 3.8) is 0 Å². The van der Waals surface area contributed by atoms with Crippen LogP contribution < -0.4 is 10.4 Å². The lowest BCUT2D eigenvalue weighted by Crippen LogP contribution is -2.18. The molecule has 0 aliphatic carbocycles. The summed E-state index contributed by atoms with van der Waals surface area (Å²) in [6.07, 6.45) is 10.9. The summed E-state index contributed by atoms with van der Waals surface area (Å²) in [5.41, 5.74) is 1.74. The molecule has 2 aromatic carbocycles. The van der Waals surface area contributed by atoms with Gasteiger partial charge in [-0.25, -0.2) is 4.79 Å². The fourth-order valence-corrected chi connectivity index (χ4v) is 4.87. The smallest absolute Gasteiger partial charge is 0.422 e. The van der Waals surface area contributed by atoms with E-state index in [0.29, 0.717) is 17.4 Å². The predicted octanol–water partition coefficient (Wildman–Crippen LogP) is 10.2. The largest absolute Gasteiger partial charge is 0.573 e. The van der Waals surface area contributed by atoms with E-state index in [1.165, 1.54) is 63.5 Å². The van der Waals surface area contributed by atoms with Gasteiger partial charge in [-0.1, -0.05) is 102 Å². The van der Waals surface area contributed by atoms with E-state index in [1.54, 1.807) is 12.1 Å². The van der Waals surface area contributed by atoms with Gasteiger partial charge in [0.25, 0.3) is 0 Å². The van der Waals surface area contributed by atoms with Gasteiger partial charge in [-0.05, 0) is 55.0 Å². The van der Waals surface area contributed by atoms with Crippen LogP contribution in [0.2, 0.25) is 0 Å². The fourth-order valence-electron chi connectivity index (χ4n) is 4.87. The topological polar surface area (TPSA) is 39.4 Å². The lowest BCUT2D eigenvalue weighted by molar-refractivity contribution is -0.274. The molecule has 0 saturated carbocycles. The summed E-state index contributed by atoms with van der Waals surface area (Å²) < 4.78 is 49.5. The monoisotopic (exact) mass is 530 g/mol. The average molecular weight is 531 g/mol. The summed E-state index contributed by atoms with van der Waals surface area (Å²) in [7, 11) is 0. The van der Waals surface area contributed by atoms with Gasteiger partial charge >= 0.3 is 12.0 Å². The second kappa shape index (κ2) is 15.0. The van der Waals surface area contributed by atoms with E-state index in [4.69, 9.17) is 4.42 Å². The van der Waals surface area contributed by atoms with E-state index in [1.807, 2.05) is 18.2 Å². The molecule has 0 N–H and O–H groups in total. The van der Waals surface area contributed by atoms with Gasteiger partial charge in [0.2, 0.25) is 0 Å². The number of benzene rings is 2. The third-order valence-corrected chi connectivity index (χ3v) is 7.00. The Morgan fingerprint density at radius 2 is 1.24 bits per heavy atom. The minimum absolute atomic E-state index is 0.0588. The Morgan fingerprint density at radius 3 is 1.89 bits per heavy atom. The minimum Gasteiger partial charge on any atom is -0.422 e. The molecule has 0 spiro atoms. The van der Waals surface area contributed by atoms with Crippen LogP contribution in [0, 0.1) is 0 Å². The zero-order valence-corrected chi connectivity index (χ0v) is 22.8. The van der Waals surface area contributed by atoms with Crippen LogP contribution in [-0.2, 0) is 12.8 Å². The highest BCUT2D eigenvalue weighted by Gasteiger charge is 2.32. The van der Waals surface area contributed by atoms with Crippen molar-refractivity contribution in [2.45, 2.75) is 110 Å². The Morgan fingerprint density at radius 1 is 0.684 bits per heavy atom. The zero-order chi connectivity index (χ0) is 27.4. The third-order valence-electron chi connectivity index (χ3n) is 7.00. The van der Waals surface area contributed by atoms with Crippen LogP contribution in [0.3, 0.4) is 0 Å². The van der Waals surface area contributed by atoms with Crippen molar-refractivity contribution < 1.29 is 22.3 Å². The Hall–Kier alpha value is -2.76. The Labute approximate surface area is 224 Å². The number of halogens is 3. The van der Waals surface area contributed by atoms with Crippen molar-refractivity contribution in [3.05, 3.63) is 64.0 Å². The maximum absolute atomic E-state index is 13.2. The average Bonchev–Trinajstić information content (AvgIpc) is 2.87. The Bertz CT molecular complexity index is 1200.